The van der Waals surface area contributed by atoms with E-state index in [9.17, 15) is 13.6 Å². The van der Waals surface area contributed by atoms with E-state index in [-0.39, 0.29) is 5.75 Å². The molecule has 0 spiro atoms. The Morgan fingerprint density at radius 2 is 1.65 bits per heavy atom. The van der Waals surface area contributed by atoms with E-state index in [1.807, 2.05) is 12.1 Å². The minimum Gasteiger partial charge on any atom is -0.435 e. The number of ether oxygens (including phenoxy) is 1. The highest BCUT2D eigenvalue weighted by molar-refractivity contribution is 5.99. The number of alkyl halides is 2. The van der Waals surface area contributed by atoms with Gasteiger partial charge in [0.15, 0.2) is 0 Å². The number of anilines is 2. The lowest BCUT2D eigenvalue weighted by atomic mass is 10.2. The summed E-state index contributed by atoms with van der Waals surface area (Å²) in [6, 6.07) is 12.5. The zero-order chi connectivity index (χ0) is 18.4. The Kier molecular flexibility index (Phi) is 5.37. The highest BCUT2D eigenvalue weighted by Crippen LogP contribution is 2.18. The summed E-state index contributed by atoms with van der Waals surface area (Å²) in [7, 11) is 0. The number of benzene rings is 2. The molecule has 3 aromatic rings. The summed E-state index contributed by atoms with van der Waals surface area (Å²) >= 11 is 0. The van der Waals surface area contributed by atoms with E-state index >= 15 is 0 Å². The third-order valence-electron chi connectivity index (χ3n) is 3.36. The molecule has 0 unspecified atom stereocenters. The highest BCUT2D eigenvalue weighted by atomic mass is 19.3. The van der Waals surface area contributed by atoms with Crippen LogP contribution in [0.1, 0.15) is 5.56 Å². The second-order valence-electron chi connectivity index (χ2n) is 5.27. The average molecular weight is 359 g/mol. The Bertz CT molecular complexity index is 837. The van der Waals surface area contributed by atoms with Gasteiger partial charge in [0.1, 0.15) is 18.4 Å². The van der Waals surface area contributed by atoms with Crippen molar-refractivity contribution in [1.29, 1.82) is 0 Å². The third kappa shape index (κ3) is 5.00. The van der Waals surface area contributed by atoms with Crippen LogP contribution in [0.25, 0.3) is 0 Å². The molecule has 1 aromatic heterocycles. The lowest BCUT2D eigenvalue weighted by Crippen LogP contribution is -2.19. The maximum atomic E-state index is 12.1. The van der Waals surface area contributed by atoms with Crippen LogP contribution in [0.5, 0.6) is 5.75 Å². The first-order chi connectivity index (χ1) is 12.6. The molecule has 26 heavy (non-hydrogen) atoms. The molecule has 2 amide bonds. The van der Waals surface area contributed by atoms with Crippen molar-refractivity contribution in [3.63, 3.8) is 0 Å². The number of hydrogen-bond donors (Lipinski definition) is 2. The summed E-state index contributed by atoms with van der Waals surface area (Å²) in [5, 5.41) is 9.32. The van der Waals surface area contributed by atoms with Gasteiger partial charge in [-0.1, -0.05) is 12.1 Å². The molecule has 0 saturated heterocycles. The summed E-state index contributed by atoms with van der Waals surface area (Å²) in [5.74, 6) is 0.0222. The topological polar surface area (TPSA) is 81.1 Å². The van der Waals surface area contributed by atoms with E-state index in [1.165, 1.54) is 30.6 Å². The first-order valence-electron chi connectivity index (χ1n) is 7.63. The number of carbonyl (C=O) groups excluding carboxylic acids is 1. The number of hydrogen-bond acceptors (Lipinski definition) is 4. The van der Waals surface area contributed by atoms with Gasteiger partial charge in [0.25, 0.3) is 0 Å². The van der Waals surface area contributed by atoms with E-state index in [0.29, 0.717) is 17.9 Å². The van der Waals surface area contributed by atoms with E-state index in [1.54, 1.807) is 23.1 Å². The van der Waals surface area contributed by atoms with Crippen molar-refractivity contribution >= 4 is 17.4 Å². The van der Waals surface area contributed by atoms with Crippen molar-refractivity contribution in [2.45, 2.75) is 13.2 Å². The van der Waals surface area contributed by atoms with Crippen molar-refractivity contribution in [1.82, 2.24) is 14.8 Å². The van der Waals surface area contributed by atoms with Gasteiger partial charge in [0, 0.05) is 11.4 Å². The second-order valence-corrected chi connectivity index (χ2v) is 5.27. The van der Waals surface area contributed by atoms with Crippen LogP contribution < -0.4 is 15.4 Å². The molecule has 134 valence electrons. The molecular weight excluding hydrogens is 344 g/mol. The molecule has 3 rings (SSSR count). The molecule has 7 nitrogen and oxygen atoms in total. The normalized spacial score (nSPS) is 10.6. The molecule has 0 aliphatic heterocycles. The number of amides is 2. The number of urea groups is 1. The number of rotatable bonds is 6. The number of carbonyl (C=O) groups is 1. The van der Waals surface area contributed by atoms with Gasteiger partial charge in [-0.25, -0.2) is 14.5 Å². The molecule has 9 heteroatoms. The lowest BCUT2D eigenvalue weighted by molar-refractivity contribution is -0.0498. The molecule has 0 fully saturated rings. The predicted molar refractivity (Wildman–Crippen MR) is 91.3 cm³/mol. The summed E-state index contributed by atoms with van der Waals surface area (Å²) in [6.45, 7) is -2.30. The van der Waals surface area contributed by atoms with E-state index in [0.717, 1.165) is 5.56 Å². The summed E-state index contributed by atoms with van der Waals surface area (Å²) in [6.07, 6.45) is 3.09. The SMILES string of the molecule is O=C(Nc1ccc(Cn2cncn2)cc1)Nc1ccc(OC(F)F)cc1. The average Bonchev–Trinajstić information content (AvgIpc) is 3.11. The minimum atomic E-state index is -2.88. The molecule has 0 aliphatic rings. The molecule has 0 radical (unpaired) electrons. The van der Waals surface area contributed by atoms with Gasteiger partial charge >= 0.3 is 12.6 Å². The van der Waals surface area contributed by atoms with Gasteiger partial charge in [-0.05, 0) is 42.0 Å². The minimum absolute atomic E-state index is 0.0222. The fraction of sp³-hybridized carbons (Fsp3) is 0.118. The first-order valence-corrected chi connectivity index (χ1v) is 7.63. The van der Waals surface area contributed by atoms with Crippen LogP contribution >= 0.6 is 0 Å². The lowest BCUT2D eigenvalue weighted by Gasteiger charge is -2.09. The van der Waals surface area contributed by atoms with Gasteiger partial charge in [0.2, 0.25) is 0 Å². The summed E-state index contributed by atoms with van der Waals surface area (Å²) in [5.41, 5.74) is 2.07. The van der Waals surface area contributed by atoms with Crippen LogP contribution in [0.4, 0.5) is 25.0 Å². The van der Waals surface area contributed by atoms with Crippen LogP contribution in [0, 0.1) is 0 Å². The van der Waals surface area contributed by atoms with Gasteiger partial charge < -0.3 is 15.4 Å². The van der Waals surface area contributed by atoms with E-state index < -0.39 is 12.6 Å². The Morgan fingerprint density at radius 1 is 1.04 bits per heavy atom. The monoisotopic (exact) mass is 359 g/mol. The Hall–Kier alpha value is -3.49. The highest BCUT2D eigenvalue weighted by Gasteiger charge is 2.06. The molecule has 0 saturated carbocycles. The fourth-order valence-electron chi connectivity index (χ4n) is 2.21. The first kappa shape index (κ1) is 17.3. The molecule has 2 N–H and O–H groups in total. The zero-order valence-corrected chi connectivity index (χ0v) is 13.5. The number of aromatic nitrogens is 3. The fourth-order valence-corrected chi connectivity index (χ4v) is 2.21. The molecule has 0 aliphatic carbocycles. The van der Waals surface area contributed by atoms with Crippen molar-refractivity contribution in [3.05, 3.63) is 66.7 Å². The Labute approximate surface area is 147 Å². The van der Waals surface area contributed by atoms with Crippen LogP contribution in [-0.4, -0.2) is 27.4 Å². The maximum absolute atomic E-state index is 12.1. The van der Waals surface area contributed by atoms with Crippen LogP contribution in [-0.2, 0) is 6.54 Å². The van der Waals surface area contributed by atoms with Crippen molar-refractivity contribution in [2.24, 2.45) is 0 Å². The van der Waals surface area contributed by atoms with Crippen LogP contribution in [0.2, 0.25) is 0 Å². The Morgan fingerprint density at radius 3 is 2.19 bits per heavy atom. The largest absolute Gasteiger partial charge is 0.435 e. The Balaban J connectivity index is 1.52. The summed E-state index contributed by atoms with van der Waals surface area (Å²) in [4.78, 5) is 15.9. The van der Waals surface area contributed by atoms with Gasteiger partial charge in [0.05, 0.1) is 6.54 Å². The smallest absolute Gasteiger partial charge is 0.387 e. The number of nitrogens with one attached hydrogen (secondary N) is 2. The third-order valence-corrected chi connectivity index (χ3v) is 3.36. The zero-order valence-electron chi connectivity index (χ0n) is 13.5. The van der Waals surface area contributed by atoms with Crippen molar-refractivity contribution in [3.8, 4) is 5.75 Å². The van der Waals surface area contributed by atoms with Gasteiger partial charge in [-0.2, -0.15) is 13.9 Å². The molecule has 1 heterocycles. The second kappa shape index (κ2) is 8.06. The molecular formula is C17H15F2N5O2. The van der Waals surface area contributed by atoms with E-state index in [2.05, 4.69) is 25.5 Å². The van der Waals surface area contributed by atoms with Gasteiger partial charge in [-0.3, -0.25) is 0 Å². The molecule has 0 bridgehead atoms. The van der Waals surface area contributed by atoms with Crippen LogP contribution in [0.15, 0.2) is 61.2 Å². The predicted octanol–water partition coefficient (Wildman–Crippen LogP) is 3.57. The van der Waals surface area contributed by atoms with Gasteiger partial charge in [-0.15, -0.1) is 0 Å². The quantitative estimate of drug-likeness (QED) is 0.705. The standard InChI is InChI=1S/C17H15F2N5O2/c18-16(19)26-15-7-5-14(6-8-15)23-17(25)22-13-3-1-12(2-4-13)9-24-11-20-10-21-24/h1-8,10-11,16H,9H2,(H2,22,23,25). The van der Waals surface area contributed by atoms with Crippen LogP contribution in [0.3, 0.4) is 0 Å². The van der Waals surface area contributed by atoms with Crippen molar-refractivity contribution in [2.75, 3.05) is 10.6 Å². The maximum Gasteiger partial charge on any atom is 0.387 e. The molecule has 2 aromatic carbocycles. The van der Waals surface area contributed by atoms with E-state index in [4.69, 9.17) is 0 Å². The van der Waals surface area contributed by atoms with Crippen molar-refractivity contribution < 1.29 is 18.3 Å². The number of nitrogens with zero attached hydrogens (tertiary/aromatic N) is 3. The summed E-state index contributed by atoms with van der Waals surface area (Å²) < 4.78 is 30.1. The number of halogens is 2. The molecule has 0 atom stereocenters.